The van der Waals surface area contributed by atoms with Gasteiger partial charge in [0.25, 0.3) is 0 Å². The van der Waals surface area contributed by atoms with E-state index in [0.29, 0.717) is 66.6 Å². The molecule has 0 amide bonds. The van der Waals surface area contributed by atoms with Crippen molar-refractivity contribution in [1.82, 2.24) is 19.8 Å². The predicted molar refractivity (Wildman–Crippen MR) is 253 cm³/mol. The summed E-state index contributed by atoms with van der Waals surface area (Å²) in [4.78, 5) is 54.5. The molecule has 2 aliphatic heterocycles. The molecule has 2 saturated heterocycles. The number of likely N-dealkylation sites (N-methyl/N-ethyl adjacent to an activating group) is 2. The van der Waals surface area contributed by atoms with E-state index in [9.17, 15) is 19.2 Å². The quantitative estimate of drug-likeness (QED) is 0.0356. The predicted octanol–water partition coefficient (Wildman–Crippen LogP) is 6.26. The third kappa shape index (κ3) is 17.7. The molecule has 66 heavy (non-hydrogen) atoms. The van der Waals surface area contributed by atoms with Gasteiger partial charge in [-0.05, 0) is 109 Å². The topological polar surface area (TPSA) is 161 Å². The number of unbranched alkanes of at least 4 members (excludes halogenated alkanes) is 6. The maximum Gasteiger partial charge on any atom is 0.343 e. The van der Waals surface area contributed by atoms with E-state index in [1.165, 1.54) is 6.92 Å². The molecule has 2 heterocycles. The van der Waals surface area contributed by atoms with E-state index in [-0.39, 0.29) is 18.5 Å². The Morgan fingerprint density at radius 3 is 1.94 bits per heavy atom. The highest BCUT2D eigenvalue weighted by Crippen LogP contribution is 2.37. The second-order valence-corrected chi connectivity index (χ2v) is 17.3. The summed E-state index contributed by atoms with van der Waals surface area (Å²) in [6, 6.07) is 6.89. The second-order valence-electron chi connectivity index (χ2n) is 17.3. The molecule has 0 N–H and O–H groups in total. The largest absolute Gasteiger partial charge is 0.494 e. The lowest BCUT2D eigenvalue weighted by molar-refractivity contribution is -0.141. The second kappa shape index (κ2) is 27.2. The molecule has 16 heteroatoms. The van der Waals surface area contributed by atoms with Crippen molar-refractivity contribution in [2.45, 2.75) is 89.8 Å². The van der Waals surface area contributed by atoms with E-state index in [1.807, 2.05) is 29.1 Å². The highest BCUT2D eigenvalue weighted by atomic mass is 16.6. The molecular weight excluding hydrogens is 845 g/mol. The van der Waals surface area contributed by atoms with Gasteiger partial charge < -0.3 is 38.2 Å². The molecule has 2 aliphatic carbocycles. The van der Waals surface area contributed by atoms with Crippen molar-refractivity contribution < 1.29 is 47.6 Å². The normalized spacial score (nSPS) is 20.6. The molecule has 0 saturated carbocycles. The third-order valence-corrected chi connectivity index (χ3v) is 11.7. The average Bonchev–Trinajstić information content (AvgIpc) is 3.31. The van der Waals surface area contributed by atoms with E-state index in [4.69, 9.17) is 38.6 Å². The fourth-order valence-corrected chi connectivity index (χ4v) is 7.50. The number of piperazine rings is 2. The van der Waals surface area contributed by atoms with Crippen molar-refractivity contribution in [1.29, 1.82) is 0 Å². The van der Waals surface area contributed by atoms with Crippen molar-refractivity contribution >= 4 is 36.3 Å². The lowest BCUT2D eigenvalue weighted by Gasteiger charge is -2.35. The van der Waals surface area contributed by atoms with E-state index in [0.717, 1.165) is 110 Å². The average molecular weight is 915 g/mol. The van der Waals surface area contributed by atoms with Gasteiger partial charge in [0.05, 0.1) is 49.5 Å². The maximum atomic E-state index is 14.0. The Balaban J connectivity index is 1.27. The summed E-state index contributed by atoms with van der Waals surface area (Å²) in [6.45, 7) is 15.0. The highest BCUT2D eigenvalue weighted by Gasteiger charge is 2.39. The Bertz CT molecular complexity index is 1960. The molecule has 0 bridgehead atoms. The molecule has 0 spiro atoms. The zero-order chi connectivity index (χ0) is 47.2. The van der Waals surface area contributed by atoms with Gasteiger partial charge in [-0.1, -0.05) is 25.2 Å². The first-order chi connectivity index (χ1) is 31.9. The number of hydrogen-bond acceptors (Lipinski definition) is 16. The fourth-order valence-electron chi connectivity index (χ4n) is 7.50. The van der Waals surface area contributed by atoms with Crippen LogP contribution in [0.1, 0.15) is 88.4 Å². The third-order valence-electron chi connectivity index (χ3n) is 11.7. The zero-order valence-corrected chi connectivity index (χ0v) is 39.5. The molecule has 5 rings (SSSR count). The number of benzene rings is 1. The summed E-state index contributed by atoms with van der Waals surface area (Å²) < 4.78 is 34.6. The van der Waals surface area contributed by atoms with Gasteiger partial charge in [0, 0.05) is 89.5 Å². The molecule has 4 aliphatic rings. The molecule has 0 aromatic heterocycles. The van der Waals surface area contributed by atoms with Gasteiger partial charge in [-0.25, -0.2) is 14.4 Å². The Morgan fingerprint density at radius 1 is 0.758 bits per heavy atom. The zero-order valence-electron chi connectivity index (χ0n) is 39.5. The molecule has 2 unspecified atom stereocenters. The van der Waals surface area contributed by atoms with Crippen molar-refractivity contribution in [2.75, 3.05) is 92.9 Å². The Hall–Kier alpha value is -5.58. The van der Waals surface area contributed by atoms with E-state index < -0.39 is 23.5 Å². The minimum atomic E-state index is -1.21. The van der Waals surface area contributed by atoms with Gasteiger partial charge in [0.2, 0.25) is 0 Å². The minimum Gasteiger partial charge on any atom is -0.494 e. The van der Waals surface area contributed by atoms with Gasteiger partial charge in [-0.2, -0.15) is 10.2 Å². The van der Waals surface area contributed by atoms with Crippen LogP contribution in [0.2, 0.25) is 0 Å². The lowest BCUT2D eigenvalue weighted by Crippen LogP contribution is -2.42. The maximum absolute atomic E-state index is 14.0. The van der Waals surface area contributed by atoms with Gasteiger partial charge in [0.1, 0.15) is 17.1 Å². The van der Waals surface area contributed by atoms with E-state index >= 15 is 0 Å². The molecule has 0 radical (unpaired) electrons. The van der Waals surface area contributed by atoms with Crippen LogP contribution in [0.5, 0.6) is 5.75 Å². The van der Waals surface area contributed by atoms with Crippen LogP contribution in [-0.4, -0.2) is 161 Å². The van der Waals surface area contributed by atoms with Crippen LogP contribution < -0.4 is 4.74 Å². The minimum absolute atomic E-state index is 0.150. The summed E-state index contributed by atoms with van der Waals surface area (Å²) in [6.07, 6.45) is 19.5. The number of carbonyl (C=O) groups excluding carboxylic acids is 4. The Labute approximate surface area is 390 Å². The summed E-state index contributed by atoms with van der Waals surface area (Å²) in [5.41, 5.74) is 0.742. The van der Waals surface area contributed by atoms with Crippen molar-refractivity contribution in [3.8, 4) is 5.75 Å². The Kier molecular flexibility index (Phi) is 21.1. The summed E-state index contributed by atoms with van der Waals surface area (Å²) in [5, 5.41) is 13.6. The summed E-state index contributed by atoms with van der Waals surface area (Å²) in [5.74, 6) is -0.756. The first-order valence-corrected chi connectivity index (χ1v) is 23.4. The van der Waals surface area contributed by atoms with Crippen molar-refractivity contribution in [3.05, 3.63) is 89.3 Å². The smallest absolute Gasteiger partial charge is 0.343 e. The van der Waals surface area contributed by atoms with Crippen LogP contribution in [0, 0.1) is 0 Å². The van der Waals surface area contributed by atoms with Gasteiger partial charge >= 0.3 is 23.9 Å². The Morgan fingerprint density at radius 2 is 1.35 bits per heavy atom. The monoisotopic (exact) mass is 915 g/mol. The van der Waals surface area contributed by atoms with Crippen LogP contribution in [0.25, 0.3) is 0 Å². The molecule has 16 nitrogen and oxygen atoms in total. The SMILES string of the molecule is C=CC(=O)OCCCCCCOc1ccc(C(=O)OC2(C)CC(/C=N/N3CCN(C)CC3)=C(OC(=O)C3=CCC(OCCCCCCOC(C)=O)C=C3)C=C2/C=N/N2CCN(C)CC2)cc1. The molecule has 1 aromatic rings. The molecule has 1 aromatic carbocycles. The number of allylic oxidation sites excluding steroid dienone is 1. The molecule has 360 valence electrons. The highest BCUT2D eigenvalue weighted by molar-refractivity contribution is 5.95. The lowest BCUT2D eigenvalue weighted by atomic mass is 9.83. The summed E-state index contributed by atoms with van der Waals surface area (Å²) in [7, 11) is 4.16. The summed E-state index contributed by atoms with van der Waals surface area (Å²) >= 11 is 0. The van der Waals surface area contributed by atoms with E-state index in [2.05, 4.69) is 30.5 Å². The number of hydrazone groups is 2. The molecule has 2 atom stereocenters. The number of esters is 4. The standard InChI is InChI=1S/C50H70N6O10/c1-6-47(58)64-34-14-10-9-13-33-63-45-21-17-41(18-22-45)49(60)66-50(3)36-42(37-51-55-27-23-53(4)24-28-55)46(35-43(50)38-52-56-29-25-54(5)26-30-56)65-48(59)40-15-19-44(20-16-40)62-32-12-8-7-11-31-61-39(2)57/h6,15-19,21-22,35,37-38,44H,1,7-14,20,23-34,36H2,2-5H3/b51-37+,52-38+. The van der Waals surface area contributed by atoms with Gasteiger partial charge in [-0.15, -0.1) is 0 Å². The first-order valence-electron chi connectivity index (χ1n) is 23.4. The molecule has 2 fully saturated rings. The van der Waals surface area contributed by atoms with Crippen LogP contribution >= 0.6 is 0 Å². The number of rotatable bonds is 25. The van der Waals surface area contributed by atoms with Gasteiger partial charge in [0.15, 0.2) is 0 Å². The fraction of sp³-hybridized carbons (Fsp3) is 0.560. The number of ether oxygens (including phenoxy) is 6. The number of hydrogen-bond donors (Lipinski definition) is 0. The van der Waals surface area contributed by atoms with E-state index in [1.54, 1.807) is 48.8 Å². The van der Waals surface area contributed by atoms with Crippen LogP contribution in [0.4, 0.5) is 0 Å². The van der Waals surface area contributed by atoms with Crippen molar-refractivity contribution in [3.63, 3.8) is 0 Å². The first kappa shape index (κ1) is 51.4. The number of carbonyl (C=O) groups is 4. The molecular formula is C50H70N6O10. The van der Waals surface area contributed by atoms with Crippen molar-refractivity contribution in [2.24, 2.45) is 10.2 Å². The van der Waals surface area contributed by atoms with Crippen LogP contribution in [0.3, 0.4) is 0 Å². The van der Waals surface area contributed by atoms with Gasteiger partial charge in [-0.3, -0.25) is 14.8 Å². The van der Waals surface area contributed by atoms with Crippen LogP contribution in [-0.2, 0) is 38.1 Å². The van der Waals surface area contributed by atoms with Crippen LogP contribution in [0.15, 0.2) is 93.9 Å². The number of nitrogens with zero attached hydrogens (tertiary/aromatic N) is 6.